The third-order valence-corrected chi connectivity index (χ3v) is 3.25. The Hall–Kier alpha value is -1.86. The second-order valence-corrected chi connectivity index (χ2v) is 4.88. The molecular weight excluding hydrogens is 269 g/mol. The van der Waals surface area contributed by atoms with Crippen LogP contribution in [-0.4, -0.2) is 21.9 Å². The molecule has 1 aromatic carbocycles. The summed E-state index contributed by atoms with van der Waals surface area (Å²) in [5.74, 6) is -0.766. The van der Waals surface area contributed by atoms with E-state index >= 15 is 0 Å². The van der Waals surface area contributed by atoms with E-state index in [4.69, 9.17) is 0 Å². The zero-order valence-corrected chi connectivity index (χ0v) is 11.1. The van der Waals surface area contributed by atoms with Crippen molar-refractivity contribution in [3.05, 3.63) is 56.3 Å². The van der Waals surface area contributed by atoms with Gasteiger partial charge in [-0.05, 0) is 7.05 Å². The first-order valence-corrected chi connectivity index (χ1v) is 6.49. The van der Waals surface area contributed by atoms with Gasteiger partial charge in [0.1, 0.15) is 0 Å². The summed E-state index contributed by atoms with van der Waals surface area (Å²) >= 11 is 1.50. The molecule has 0 N–H and O–H groups in total. The molecule has 0 radical (unpaired) electrons. The quantitative estimate of drug-likeness (QED) is 0.624. The molecule has 0 bridgehead atoms. The van der Waals surface area contributed by atoms with Gasteiger partial charge in [0.05, 0.1) is 16.1 Å². The first kappa shape index (κ1) is 13.6. The van der Waals surface area contributed by atoms with Crippen molar-refractivity contribution in [2.24, 2.45) is 0 Å². The van der Waals surface area contributed by atoms with Crippen molar-refractivity contribution in [1.29, 1.82) is 0 Å². The molecule has 0 saturated carbocycles. The summed E-state index contributed by atoms with van der Waals surface area (Å²) in [6, 6.07) is 4.21. The summed E-state index contributed by atoms with van der Waals surface area (Å²) in [6.45, 7) is 0.872. The maximum Gasteiger partial charge on any atom is 0.305 e. The van der Waals surface area contributed by atoms with Crippen LogP contribution in [0.5, 0.6) is 0 Å². The number of halogens is 1. The van der Waals surface area contributed by atoms with Crippen molar-refractivity contribution >= 4 is 17.0 Å². The molecule has 0 saturated heterocycles. The van der Waals surface area contributed by atoms with Crippen LogP contribution < -0.4 is 0 Å². The fourth-order valence-corrected chi connectivity index (χ4v) is 2.32. The average molecular weight is 281 g/mol. The summed E-state index contributed by atoms with van der Waals surface area (Å²) in [4.78, 5) is 15.9. The molecule has 2 aromatic rings. The van der Waals surface area contributed by atoms with Gasteiger partial charge in [-0.25, -0.2) is 4.98 Å². The molecule has 19 heavy (non-hydrogen) atoms. The Kier molecular flexibility index (Phi) is 4.18. The van der Waals surface area contributed by atoms with Gasteiger partial charge in [0.25, 0.3) is 0 Å². The first-order valence-electron chi connectivity index (χ1n) is 5.55. The maximum atomic E-state index is 13.9. The number of rotatable bonds is 5. The third-order valence-electron chi connectivity index (χ3n) is 2.61. The molecule has 1 aromatic heterocycles. The molecular formula is C12H12FN3O2S. The van der Waals surface area contributed by atoms with Crippen LogP contribution in [-0.2, 0) is 13.1 Å². The SMILES string of the molecule is CN(Cc1cscn1)Cc1cccc([N+](=O)[O-])c1F. The molecule has 100 valence electrons. The topological polar surface area (TPSA) is 59.3 Å². The Morgan fingerprint density at radius 3 is 2.89 bits per heavy atom. The smallest absolute Gasteiger partial charge is 0.296 e. The van der Waals surface area contributed by atoms with E-state index in [2.05, 4.69) is 4.98 Å². The van der Waals surface area contributed by atoms with E-state index in [0.717, 1.165) is 5.69 Å². The molecule has 5 nitrogen and oxygen atoms in total. The average Bonchev–Trinajstić information content (AvgIpc) is 2.84. The van der Waals surface area contributed by atoms with Gasteiger partial charge in [-0.3, -0.25) is 15.0 Å². The second kappa shape index (κ2) is 5.85. The second-order valence-electron chi connectivity index (χ2n) is 4.16. The molecule has 2 rings (SSSR count). The normalized spacial score (nSPS) is 10.9. The van der Waals surface area contributed by atoms with E-state index in [1.165, 1.54) is 23.5 Å². The number of thiazole rings is 1. The molecule has 7 heteroatoms. The fourth-order valence-electron chi connectivity index (χ4n) is 1.77. The minimum atomic E-state index is -0.766. The van der Waals surface area contributed by atoms with Gasteiger partial charge in [-0.15, -0.1) is 11.3 Å². The van der Waals surface area contributed by atoms with Crippen molar-refractivity contribution in [1.82, 2.24) is 9.88 Å². The monoisotopic (exact) mass is 281 g/mol. The lowest BCUT2D eigenvalue weighted by Crippen LogP contribution is -2.18. The van der Waals surface area contributed by atoms with Gasteiger partial charge < -0.3 is 0 Å². The van der Waals surface area contributed by atoms with Crippen molar-refractivity contribution in [3.63, 3.8) is 0 Å². The highest BCUT2D eigenvalue weighted by molar-refractivity contribution is 7.07. The molecule has 0 fully saturated rings. The Morgan fingerprint density at radius 2 is 2.26 bits per heavy atom. The van der Waals surface area contributed by atoms with Crippen molar-refractivity contribution in [2.75, 3.05) is 7.05 Å². The lowest BCUT2D eigenvalue weighted by atomic mass is 10.1. The highest BCUT2D eigenvalue weighted by atomic mass is 32.1. The first-order chi connectivity index (χ1) is 9.08. The van der Waals surface area contributed by atoms with Crippen molar-refractivity contribution in [2.45, 2.75) is 13.1 Å². The summed E-state index contributed by atoms with van der Waals surface area (Å²) in [6.07, 6.45) is 0. The van der Waals surface area contributed by atoms with Crippen LogP contribution >= 0.6 is 11.3 Å². The van der Waals surface area contributed by atoms with E-state index < -0.39 is 16.4 Å². The van der Waals surface area contributed by atoms with E-state index in [-0.39, 0.29) is 0 Å². The van der Waals surface area contributed by atoms with Crippen LogP contribution in [0.3, 0.4) is 0 Å². The number of nitro groups is 1. The van der Waals surface area contributed by atoms with Crippen LogP contribution in [0.25, 0.3) is 0 Å². The maximum absolute atomic E-state index is 13.9. The molecule has 0 aliphatic heterocycles. The molecule has 0 spiro atoms. The zero-order chi connectivity index (χ0) is 13.8. The van der Waals surface area contributed by atoms with Crippen molar-refractivity contribution < 1.29 is 9.31 Å². The van der Waals surface area contributed by atoms with Gasteiger partial charge in [-0.2, -0.15) is 4.39 Å². The molecule has 0 atom stereocenters. The van der Waals surface area contributed by atoms with E-state index in [1.54, 1.807) is 11.6 Å². The number of nitrogens with zero attached hydrogens (tertiary/aromatic N) is 3. The third kappa shape index (κ3) is 3.33. The van der Waals surface area contributed by atoms with Gasteiger partial charge in [0.15, 0.2) is 0 Å². The van der Waals surface area contributed by atoms with E-state index in [9.17, 15) is 14.5 Å². The number of benzene rings is 1. The minimum absolute atomic E-state index is 0.297. The number of hydrogen-bond donors (Lipinski definition) is 0. The predicted octanol–water partition coefficient (Wildman–Crippen LogP) is 2.82. The summed E-state index contributed by atoms with van der Waals surface area (Å²) in [7, 11) is 1.82. The van der Waals surface area contributed by atoms with Crippen LogP contribution in [0, 0.1) is 15.9 Å². The lowest BCUT2D eigenvalue weighted by molar-refractivity contribution is -0.387. The molecule has 0 unspecified atom stereocenters. The Bertz CT molecular complexity index is 574. The van der Waals surface area contributed by atoms with Gasteiger partial charge in [-0.1, -0.05) is 12.1 Å². The van der Waals surface area contributed by atoms with Crippen LogP contribution in [0.1, 0.15) is 11.3 Å². The largest absolute Gasteiger partial charge is 0.305 e. The van der Waals surface area contributed by atoms with Gasteiger partial charge in [0, 0.05) is 30.1 Å². The highest BCUT2D eigenvalue weighted by Gasteiger charge is 2.18. The minimum Gasteiger partial charge on any atom is -0.296 e. The highest BCUT2D eigenvalue weighted by Crippen LogP contribution is 2.21. The number of aromatic nitrogens is 1. The van der Waals surface area contributed by atoms with Gasteiger partial charge in [0.2, 0.25) is 5.82 Å². The van der Waals surface area contributed by atoms with Gasteiger partial charge >= 0.3 is 5.69 Å². The van der Waals surface area contributed by atoms with Crippen LogP contribution in [0.2, 0.25) is 0 Å². The Balaban J connectivity index is 2.10. The number of hydrogen-bond acceptors (Lipinski definition) is 5. The fraction of sp³-hybridized carbons (Fsp3) is 0.250. The molecule has 0 aliphatic carbocycles. The summed E-state index contributed by atoms with van der Waals surface area (Å²) in [5, 5.41) is 12.6. The molecule has 0 aliphatic rings. The Labute approximate surface area is 113 Å². The van der Waals surface area contributed by atoms with Crippen LogP contribution in [0.4, 0.5) is 10.1 Å². The molecule has 1 heterocycles. The summed E-state index contributed by atoms with van der Waals surface area (Å²) < 4.78 is 13.9. The summed E-state index contributed by atoms with van der Waals surface area (Å²) in [5.41, 5.74) is 2.46. The lowest BCUT2D eigenvalue weighted by Gasteiger charge is -2.15. The van der Waals surface area contributed by atoms with Crippen molar-refractivity contribution in [3.8, 4) is 0 Å². The van der Waals surface area contributed by atoms with Crippen LogP contribution in [0.15, 0.2) is 29.1 Å². The van der Waals surface area contributed by atoms with E-state index in [0.29, 0.717) is 18.7 Å². The number of nitro benzene ring substituents is 1. The standard InChI is InChI=1S/C12H12FN3O2S/c1-15(6-10-7-19-8-14-10)5-9-3-2-4-11(12(9)13)16(17)18/h2-4,7-8H,5-6H2,1H3. The Morgan fingerprint density at radius 1 is 1.47 bits per heavy atom. The zero-order valence-electron chi connectivity index (χ0n) is 10.2. The predicted molar refractivity (Wildman–Crippen MR) is 70.3 cm³/mol. The van der Waals surface area contributed by atoms with E-state index in [1.807, 2.05) is 17.3 Å². The molecule has 0 amide bonds.